The van der Waals surface area contributed by atoms with Crippen LogP contribution in [0, 0.1) is 13.8 Å². The second kappa shape index (κ2) is 8.27. The smallest absolute Gasteiger partial charge is 0.232 e. The van der Waals surface area contributed by atoms with Crippen LogP contribution in [0.4, 0.5) is 17.6 Å². The third-order valence-electron chi connectivity index (χ3n) is 4.13. The third kappa shape index (κ3) is 4.88. The van der Waals surface area contributed by atoms with Crippen LogP contribution in [-0.4, -0.2) is 30.1 Å². The van der Waals surface area contributed by atoms with Gasteiger partial charge >= 0.3 is 0 Å². The maximum atomic E-state index is 5.85. The lowest BCUT2D eigenvalue weighted by molar-refractivity contribution is 0.955. The lowest BCUT2D eigenvalue weighted by atomic mass is 10.1. The molecule has 2 aromatic heterocycles. The van der Waals surface area contributed by atoms with Gasteiger partial charge in [0.2, 0.25) is 17.1 Å². The molecule has 4 rings (SSSR count). The van der Waals surface area contributed by atoms with Crippen LogP contribution in [0.1, 0.15) is 17.0 Å². The standard InChI is InChI=1S/C20H20N8S/c1-12-3-7-14(8-4-12)17-25-20(28-27-17)29-11-16-23-18(21)26-19(24-16)22-15-9-5-13(2)6-10-15/h3-10H,11H2,1-2H3,(H,25,27,28)(H3,21,22,23,24,26). The number of aromatic nitrogens is 6. The van der Waals surface area contributed by atoms with E-state index in [0.29, 0.717) is 22.7 Å². The number of benzene rings is 2. The molecule has 4 aromatic rings. The van der Waals surface area contributed by atoms with Crippen molar-refractivity contribution in [2.75, 3.05) is 11.1 Å². The summed E-state index contributed by atoms with van der Waals surface area (Å²) in [6, 6.07) is 16.1. The molecule has 0 bridgehead atoms. The van der Waals surface area contributed by atoms with Gasteiger partial charge in [-0.3, -0.25) is 5.10 Å². The Bertz CT molecular complexity index is 1110. The molecule has 8 nitrogen and oxygen atoms in total. The summed E-state index contributed by atoms with van der Waals surface area (Å²) in [5.41, 5.74) is 10.1. The third-order valence-corrected chi connectivity index (χ3v) is 4.97. The number of aromatic amines is 1. The van der Waals surface area contributed by atoms with Crippen LogP contribution in [0.2, 0.25) is 0 Å². The molecule has 0 aliphatic rings. The second-order valence-corrected chi connectivity index (χ2v) is 7.49. The number of H-pyrrole nitrogens is 1. The fourth-order valence-corrected chi connectivity index (χ4v) is 3.26. The molecule has 0 saturated carbocycles. The van der Waals surface area contributed by atoms with Gasteiger partial charge in [0.25, 0.3) is 0 Å². The van der Waals surface area contributed by atoms with E-state index in [4.69, 9.17) is 5.73 Å². The van der Waals surface area contributed by atoms with Crippen molar-refractivity contribution >= 4 is 29.3 Å². The quantitative estimate of drug-likeness (QED) is 0.414. The van der Waals surface area contributed by atoms with Gasteiger partial charge in [-0.2, -0.15) is 15.0 Å². The number of nitrogens with zero attached hydrogens (tertiary/aromatic N) is 5. The highest BCUT2D eigenvalue weighted by atomic mass is 32.2. The van der Waals surface area contributed by atoms with E-state index in [0.717, 1.165) is 17.1 Å². The van der Waals surface area contributed by atoms with E-state index in [1.165, 1.54) is 22.9 Å². The summed E-state index contributed by atoms with van der Waals surface area (Å²) in [5, 5.41) is 11.0. The zero-order valence-corrected chi connectivity index (χ0v) is 16.9. The Kier molecular flexibility index (Phi) is 5.39. The Labute approximate surface area is 172 Å². The van der Waals surface area contributed by atoms with Crippen molar-refractivity contribution in [3.63, 3.8) is 0 Å². The van der Waals surface area contributed by atoms with Crippen LogP contribution in [0.25, 0.3) is 11.4 Å². The molecule has 0 amide bonds. The normalized spacial score (nSPS) is 10.8. The lowest BCUT2D eigenvalue weighted by Crippen LogP contribution is -2.06. The molecule has 0 radical (unpaired) electrons. The molecule has 2 aromatic carbocycles. The summed E-state index contributed by atoms with van der Waals surface area (Å²) in [6.07, 6.45) is 0. The van der Waals surface area contributed by atoms with Crippen LogP contribution in [0.15, 0.2) is 53.7 Å². The topological polar surface area (TPSA) is 118 Å². The van der Waals surface area contributed by atoms with Crippen LogP contribution in [0.5, 0.6) is 0 Å². The number of nitrogen functional groups attached to an aromatic ring is 1. The van der Waals surface area contributed by atoms with E-state index in [1.807, 2.05) is 62.4 Å². The lowest BCUT2D eigenvalue weighted by Gasteiger charge is -2.07. The van der Waals surface area contributed by atoms with Crippen molar-refractivity contribution < 1.29 is 0 Å². The molecule has 4 N–H and O–H groups in total. The maximum Gasteiger partial charge on any atom is 0.232 e. The monoisotopic (exact) mass is 404 g/mol. The van der Waals surface area contributed by atoms with Crippen molar-refractivity contribution in [2.24, 2.45) is 0 Å². The predicted molar refractivity (Wildman–Crippen MR) is 115 cm³/mol. The van der Waals surface area contributed by atoms with Gasteiger partial charge in [-0.25, -0.2) is 4.98 Å². The van der Waals surface area contributed by atoms with Gasteiger partial charge in [-0.05, 0) is 26.0 Å². The van der Waals surface area contributed by atoms with Gasteiger partial charge in [0.1, 0.15) is 5.82 Å². The van der Waals surface area contributed by atoms with Crippen LogP contribution in [0.3, 0.4) is 0 Å². The first kappa shape index (κ1) is 18.9. The number of aryl methyl sites for hydroxylation is 2. The average Bonchev–Trinajstić information content (AvgIpc) is 3.17. The minimum atomic E-state index is 0.167. The van der Waals surface area contributed by atoms with Crippen molar-refractivity contribution in [3.05, 3.63) is 65.5 Å². The first-order valence-electron chi connectivity index (χ1n) is 9.01. The van der Waals surface area contributed by atoms with Crippen LogP contribution >= 0.6 is 11.8 Å². The van der Waals surface area contributed by atoms with Gasteiger partial charge in [0.05, 0.1) is 5.75 Å². The van der Waals surface area contributed by atoms with E-state index in [9.17, 15) is 0 Å². The molecule has 29 heavy (non-hydrogen) atoms. The summed E-state index contributed by atoms with van der Waals surface area (Å²) in [6.45, 7) is 4.08. The highest BCUT2D eigenvalue weighted by Crippen LogP contribution is 2.22. The number of hydrogen-bond donors (Lipinski definition) is 3. The fraction of sp³-hybridized carbons (Fsp3) is 0.150. The zero-order valence-electron chi connectivity index (χ0n) is 16.0. The molecule has 0 unspecified atom stereocenters. The highest BCUT2D eigenvalue weighted by Gasteiger charge is 2.10. The van der Waals surface area contributed by atoms with Crippen molar-refractivity contribution in [1.82, 2.24) is 30.1 Å². The second-order valence-electron chi connectivity index (χ2n) is 6.55. The van der Waals surface area contributed by atoms with E-state index in [2.05, 4.69) is 35.5 Å². The number of thioether (sulfide) groups is 1. The number of hydrogen-bond acceptors (Lipinski definition) is 8. The minimum Gasteiger partial charge on any atom is -0.368 e. The summed E-state index contributed by atoms with van der Waals surface area (Å²) >= 11 is 1.43. The minimum absolute atomic E-state index is 0.167. The average molecular weight is 405 g/mol. The Morgan fingerprint density at radius 1 is 0.897 bits per heavy atom. The molecule has 146 valence electrons. The van der Waals surface area contributed by atoms with Gasteiger partial charge < -0.3 is 11.1 Å². The predicted octanol–water partition coefficient (Wildman–Crippen LogP) is 3.89. The van der Waals surface area contributed by atoms with Crippen molar-refractivity contribution in [2.45, 2.75) is 24.8 Å². The SMILES string of the molecule is Cc1ccc(Nc2nc(N)nc(CSc3n[nH]c(-c4ccc(C)cc4)n3)n2)cc1. The first-order valence-corrected chi connectivity index (χ1v) is 10.00. The highest BCUT2D eigenvalue weighted by molar-refractivity contribution is 7.98. The summed E-state index contributed by atoms with van der Waals surface area (Å²) in [4.78, 5) is 17.3. The van der Waals surface area contributed by atoms with Crippen LogP contribution < -0.4 is 11.1 Å². The van der Waals surface area contributed by atoms with Gasteiger partial charge in [0, 0.05) is 11.3 Å². The Hall–Kier alpha value is -3.46. The van der Waals surface area contributed by atoms with Crippen LogP contribution in [-0.2, 0) is 5.75 Å². The molecule has 0 aliphatic heterocycles. The van der Waals surface area contributed by atoms with E-state index in [1.54, 1.807) is 0 Å². The summed E-state index contributed by atoms with van der Waals surface area (Å²) < 4.78 is 0. The molecular formula is C20H20N8S. The molecule has 0 fully saturated rings. The molecule has 9 heteroatoms. The molecule has 0 spiro atoms. The number of nitrogens with one attached hydrogen (secondary N) is 2. The summed E-state index contributed by atoms with van der Waals surface area (Å²) in [5.74, 6) is 2.33. The Morgan fingerprint density at radius 3 is 2.31 bits per heavy atom. The van der Waals surface area contributed by atoms with Crippen molar-refractivity contribution in [3.8, 4) is 11.4 Å². The molecular weight excluding hydrogens is 384 g/mol. The Morgan fingerprint density at radius 2 is 1.59 bits per heavy atom. The molecule has 0 saturated heterocycles. The number of rotatable bonds is 6. The van der Waals surface area contributed by atoms with E-state index in [-0.39, 0.29) is 5.95 Å². The van der Waals surface area contributed by atoms with Gasteiger partial charge in [-0.1, -0.05) is 59.3 Å². The first-order chi connectivity index (χ1) is 14.0. The van der Waals surface area contributed by atoms with Gasteiger partial charge in [0.15, 0.2) is 5.82 Å². The fourth-order valence-electron chi connectivity index (χ4n) is 2.61. The molecule has 2 heterocycles. The molecule has 0 aliphatic carbocycles. The number of anilines is 3. The van der Waals surface area contributed by atoms with Gasteiger partial charge in [-0.15, -0.1) is 5.10 Å². The largest absolute Gasteiger partial charge is 0.368 e. The Balaban J connectivity index is 1.44. The summed E-state index contributed by atoms with van der Waals surface area (Å²) in [7, 11) is 0. The maximum absolute atomic E-state index is 5.85. The molecule has 0 atom stereocenters. The van der Waals surface area contributed by atoms with Crippen molar-refractivity contribution in [1.29, 1.82) is 0 Å². The van der Waals surface area contributed by atoms with E-state index < -0.39 is 0 Å². The zero-order chi connectivity index (χ0) is 20.2. The number of nitrogens with two attached hydrogens (primary N) is 1. The van der Waals surface area contributed by atoms with E-state index >= 15 is 0 Å².